The molecule has 0 unspecified atom stereocenters. The lowest BCUT2D eigenvalue weighted by molar-refractivity contribution is 0.675. The number of hydrogen-bond donors (Lipinski definition) is 1. The van der Waals surface area contributed by atoms with E-state index in [-0.39, 0.29) is 0 Å². The largest absolute Gasteiger partial charge is 0.313 e. The van der Waals surface area contributed by atoms with E-state index in [9.17, 15) is 0 Å². The summed E-state index contributed by atoms with van der Waals surface area (Å²) >= 11 is 6.13. The van der Waals surface area contributed by atoms with Crippen molar-refractivity contribution in [3.05, 3.63) is 34.3 Å². The van der Waals surface area contributed by atoms with Crippen molar-refractivity contribution in [3.63, 3.8) is 0 Å². The van der Waals surface area contributed by atoms with Crippen molar-refractivity contribution >= 4 is 11.6 Å². The van der Waals surface area contributed by atoms with Crippen molar-refractivity contribution in [2.24, 2.45) is 0 Å². The number of benzene rings is 1. The number of nitrogens with one attached hydrogen (secondary N) is 1. The highest BCUT2D eigenvalue weighted by Gasteiger charge is 2.00. The highest BCUT2D eigenvalue weighted by atomic mass is 35.5. The topological polar surface area (TPSA) is 12.0 Å². The van der Waals surface area contributed by atoms with Gasteiger partial charge in [-0.2, -0.15) is 0 Å². The monoisotopic (exact) mass is 197 g/mol. The molecule has 0 amide bonds. The lowest BCUT2D eigenvalue weighted by Crippen LogP contribution is -2.14. The molecule has 0 radical (unpaired) electrons. The molecule has 1 rings (SSSR count). The summed E-state index contributed by atoms with van der Waals surface area (Å²) in [5, 5.41) is 4.23. The molecule has 0 atom stereocenters. The van der Waals surface area contributed by atoms with Gasteiger partial charge in [0.25, 0.3) is 0 Å². The van der Waals surface area contributed by atoms with Crippen LogP contribution >= 0.6 is 11.6 Å². The van der Waals surface area contributed by atoms with Crippen LogP contribution in [0.5, 0.6) is 0 Å². The van der Waals surface area contributed by atoms with Crippen LogP contribution < -0.4 is 5.32 Å². The van der Waals surface area contributed by atoms with Crippen LogP contribution in [0, 0.1) is 6.92 Å². The summed E-state index contributed by atoms with van der Waals surface area (Å²) in [6.45, 7) is 6.11. The summed E-state index contributed by atoms with van der Waals surface area (Å²) < 4.78 is 0. The first-order valence-electron chi connectivity index (χ1n) is 4.70. The van der Waals surface area contributed by atoms with Gasteiger partial charge in [0.1, 0.15) is 0 Å². The zero-order chi connectivity index (χ0) is 9.68. The highest BCUT2D eigenvalue weighted by molar-refractivity contribution is 6.32. The molecule has 2 heteroatoms. The molecule has 0 aromatic heterocycles. The van der Waals surface area contributed by atoms with Gasteiger partial charge in [0.05, 0.1) is 0 Å². The van der Waals surface area contributed by atoms with Gasteiger partial charge in [-0.05, 0) is 31.0 Å². The second-order valence-electron chi connectivity index (χ2n) is 3.22. The molecule has 1 N–H and O–H groups in total. The Hall–Kier alpha value is -0.530. The Labute approximate surface area is 85.1 Å². The van der Waals surface area contributed by atoms with E-state index in [1.165, 1.54) is 5.56 Å². The third-order valence-electron chi connectivity index (χ3n) is 2.01. The molecule has 72 valence electrons. The van der Waals surface area contributed by atoms with E-state index in [1.807, 2.05) is 19.1 Å². The van der Waals surface area contributed by atoms with Crippen molar-refractivity contribution < 1.29 is 0 Å². The average Bonchev–Trinajstić information content (AvgIpc) is 2.13. The van der Waals surface area contributed by atoms with Crippen molar-refractivity contribution in [2.45, 2.75) is 26.8 Å². The van der Waals surface area contributed by atoms with E-state index < -0.39 is 0 Å². The van der Waals surface area contributed by atoms with Gasteiger partial charge in [-0.1, -0.05) is 36.7 Å². The number of hydrogen-bond acceptors (Lipinski definition) is 1. The molecule has 0 aliphatic heterocycles. The molecule has 0 spiro atoms. The fourth-order valence-corrected chi connectivity index (χ4v) is 1.44. The van der Waals surface area contributed by atoms with Crippen LogP contribution in [0.4, 0.5) is 0 Å². The van der Waals surface area contributed by atoms with Crippen molar-refractivity contribution in [1.29, 1.82) is 0 Å². The van der Waals surface area contributed by atoms with Gasteiger partial charge in [-0.15, -0.1) is 0 Å². The maximum Gasteiger partial charge on any atom is 0.0480 e. The van der Waals surface area contributed by atoms with Gasteiger partial charge < -0.3 is 5.32 Å². The molecule has 0 bridgehead atoms. The summed E-state index contributed by atoms with van der Waals surface area (Å²) in [7, 11) is 0. The summed E-state index contributed by atoms with van der Waals surface area (Å²) in [4.78, 5) is 0. The fraction of sp³-hybridized carbons (Fsp3) is 0.455. The smallest absolute Gasteiger partial charge is 0.0480 e. The van der Waals surface area contributed by atoms with Gasteiger partial charge in [0.2, 0.25) is 0 Å². The molecule has 1 nitrogen and oxygen atoms in total. The van der Waals surface area contributed by atoms with Gasteiger partial charge in [-0.25, -0.2) is 0 Å². The van der Waals surface area contributed by atoms with Crippen molar-refractivity contribution in [1.82, 2.24) is 5.32 Å². The maximum atomic E-state index is 6.13. The van der Waals surface area contributed by atoms with Crippen LogP contribution in [0.15, 0.2) is 18.2 Å². The Morgan fingerprint density at radius 2 is 2.15 bits per heavy atom. The zero-order valence-corrected chi connectivity index (χ0v) is 8.99. The summed E-state index contributed by atoms with van der Waals surface area (Å²) in [6, 6.07) is 6.15. The van der Waals surface area contributed by atoms with E-state index in [4.69, 9.17) is 11.6 Å². The number of halogens is 1. The first-order chi connectivity index (χ1) is 6.25. The highest BCUT2D eigenvalue weighted by Crippen LogP contribution is 2.19. The number of rotatable bonds is 4. The minimum atomic E-state index is 0.869. The minimum absolute atomic E-state index is 0.869. The SMILES string of the molecule is CCCNCc1cccc(C)c1Cl. The second kappa shape index (κ2) is 5.25. The van der Waals surface area contributed by atoms with E-state index >= 15 is 0 Å². The standard InChI is InChI=1S/C11H16ClN/c1-3-7-13-8-10-6-4-5-9(2)11(10)12/h4-6,13H,3,7-8H2,1-2H3. The Morgan fingerprint density at radius 3 is 2.85 bits per heavy atom. The zero-order valence-electron chi connectivity index (χ0n) is 8.23. The van der Waals surface area contributed by atoms with Crippen LogP contribution in [-0.4, -0.2) is 6.54 Å². The van der Waals surface area contributed by atoms with E-state index in [0.717, 1.165) is 30.1 Å². The Balaban J connectivity index is 2.61. The molecule has 0 aliphatic rings. The molecule has 0 fully saturated rings. The Kier molecular flexibility index (Phi) is 4.26. The average molecular weight is 198 g/mol. The van der Waals surface area contributed by atoms with Crippen LogP contribution in [0.3, 0.4) is 0 Å². The Morgan fingerprint density at radius 1 is 1.38 bits per heavy atom. The van der Waals surface area contributed by atoms with Crippen LogP contribution in [0.1, 0.15) is 24.5 Å². The van der Waals surface area contributed by atoms with Gasteiger partial charge in [0, 0.05) is 11.6 Å². The molecular weight excluding hydrogens is 182 g/mol. The fourth-order valence-electron chi connectivity index (χ4n) is 1.24. The molecule has 0 saturated heterocycles. The molecular formula is C11H16ClN. The lowest BCUT2D eigenvalue weighted by atomic mass is 10.1. The van der Waals surface area contributed by atoms with E-state index in [2.05, 4.69) is 18.3 Å². The summed E-state index contributed by atoms with van der Waals surface area (Å²) in [6.07, 6.45) is 1.16. The molecule has 1 aromatic rings. The normalized spacial score (nSPS) is 10.4. The summed E-state index contributed by atoms with van der Waals surface area (Å²) in [5.41, 5.74) is 2.34. The second-order valence-corrected chi connectivity index (χ2v) is 3.60. The van der Waals surface area contributed by atoms with Crippen LogP contribution in [0.25, 0.3) is 0 Å². The van der Waals surface area contributed by atoms with Gasteiger partial charge >= 0.3 is 0 Å². The minimum Gasteiger partial charge on any atom is -0.313 e. The Bertz CT molecular complexity index is 271. The van der Waals surface area contributed by atoms with Crippen molar-refractivity contribution in [2.75, 3.05) is 6.54 Å². The molecule has 0 heterocycles. The van der Waals surface area contributed by atoms with Crippen LogP contribution in [0.2, 0.25) is 5.02 Å². The van der Waals surface area contributed by atoms with Gasteiger partial charge in [0.15, 0.2) is 0 Å². The number of aryl methyl sites for hydroxylation is 1. The van der Waals surface area contributed by atoms with E-state index in [1.54, 1.807) is 0 Å². The quantitative estimate of drug-likeness (QED) is 0.732. The van der Waals surface area contributed by atoms with Crippen LogP contribution in [-0.2, 0) is 6.54 Å². The predicted octanol–water partition coefficient (Wildman–Crippen LogP) is 3.15. The van der Waals surface area contributed by atoms with E-state index in [0.29, 0.717) is 0 Å². The predicted molar refractivity (Wildman–Crippen MR) is 58.2 cm³/mol. The third-order valence-corrected chi connectivity index (χ3v) is 2.55. The lowest BCUT2D eigenvalue weighted by Gasteiger charge is -2.07. The molecule has 13 heavy (non-hydrogen) atoms. The molecule has 0 saturated carbocycles. The maximum absolute atomic E-state index is 6.13. The van der Waals surface area contributed by atoms with Gasteiger partial charge in [-0.3, -0.25) is 0 Å². The summed E-state index contributed by atoms with van der Waals surface area (Å²) in [5.74, 6) is 0. The first kappa shape index (κ1) is 10.6. The third kappa shape index (κ3) is 3.02. The molecule has 1 aromatic carbocycles. The molecule has 0 aliphatic carbocycles. The van der Waals surface area contributed by atoms with Crippen molar-refractivity contribution in [3.8, 4) is 0 Å². The first-order valence-corrected chi connectivity index (χ1v) is 5.08.